The van der Waals surface area contributed by atoms with Crippen LogP contribution in [0.15, 0.2) is 0 Å². The van der Waals surface area contributed by atoms with E-state index in [2.05, 4.69) is 6.92 Å². The lowest BCUT2D eigenvalue weighted by Gasteiger charge is -2.27. The maximum atomic E-state index is 12.1. The summed E-state index contributed by atoms with van der Waals surface area (Å²) in [5.74, 6) is -0.144. The standard InChI is InChI=1S/C11H17NO3S/c1-2-3-9-12(10(13)7-4-5-7)8(6-16-9)11(14)15/h7-9H,2-6H2,1H3,(H,14,15)/t8-,9+/m1/s1. The Labute approximate surface area is 99.4 Å². The van der Waals surface area contributed by atoms with E-state index in [0.717, 1.165) is 25.7 Å². The summed E-state index contributed by atoms with van der Waals surface area (Å²) in [6.45, 7) is 2.06. The Hall–Kier alpha value is -0.710. The van der Waals surface area contributed by atoms with Gasteiger partial charge in [0.2, 0.25) is 5.91 Å². The molecule has 1 amide bonds. The van der Waals surface area contributed by atoms with Gasteiger partial charge in [-0.1, -0.05) is 13.3 Å². The lowest BCUT2D eigenvalue weighted by Crippen LogP contribution is -2.46. The van der Waals surface area contributed by atoms with Crippen molar-refractivity contribution >= 4 is 23.6 Å². The average molecular weight is 243 g/mol. The maximum Gasteiger partial charge on any atom is 0.327 e. The van der Waals surface area contributed by atoms with Gasteiger partial charge in [-0.25, -0.2) is 4.79 Å². The van der Waals surface area contributed by atoms with Gasteiger partial charge in [-0.15, -0.1) is 11.8 Å². The SMILES string of the molecule is CCC[C@@H]1SC[C@H](C(=O)O)N1C(=O)C1CC1. The Morgan fingerprint density at radius 2 is 2.12 bits per heavy atom. The van der Waals surface area contributed by atoms with E-state index in [0.29, 0.717) is 5.75 Å². The molecule has 1 heterocycles. The van der Waals surface area contributed by atoms with Crippen LogP contribution in [0.5, 0.6) is 0 Å². The molecule has 0 spiro atoms. The van der Waals surface area contributed by atoms with E-state index in [9.17, 15) is 9.59 Å². The highest BCUT2D eigenvalue weighted by atomic mass is 32.2. The summed E-state index contributed by atoms with van der Waals surface area (Å²) in [6, 6.07) is -0.602. The molecule has 0 aromatic carbocycles. The molecule has 1 aliphatic carbocycles. The van der Waals surface area contributed by atoms with Crippen LogP contribution < -0.4 is 0 Å². The van der Waals surface area contributed by atoms with Gasteiger partial charge in [0.1, 0.15) is 6.04 Å². The van der Waals surface area contributed by atoms with Crippen LogP contribution in [0, 0.1) is 5.92 Å². The topological polar surface area (TPSA) is 57.6 Å². The van der Waals surface area contributed by atoms with Gasteiger partial charge in [0.15, 0.2) is 0 Å². The quantitative estimate of drug-likeness (QED) is 0.814. The van der Waals surface area contributed by atoms with E-state index in [4.69, 9.17) is 5.11 Å². The molecule has 16 heavy (non-hydrogen) atoms. The minimum Gasteiger partial charge on any atom is -0.480 e. The first-order chi connectivity index (χ1) is 7.65. The highest BCUT2D eigenvalue weighted by molar-refractivity contribution is 8.00. The fraction of sp³-hybridized carbons (Fsp3) is 0.818. The molecular weight excluding hydrogens is 226 g/mol. The van der Waals surface area contributed by atoms with Crippen LogP contribution in [0.2, 0.25) is 0 Å². The molecule has 0 bridgehead atoms. The van der Waals surface area contributed by atoms with Gasteiger partial charge in [-0.2, -0.15) is 0 Å². The Morgan fingerprint density at radius 3 is 2.62 bits per heavy atom. The molecular formula is C11H17NO3S. The van der Waals surface area contributed by atoms with Crippen LogP contribution >= 0.6 is 11.8 Å². The first-order valence-electron chi connectivity index (χ1n) is 5.81. The Balaban J connectivity index is 2.10. The number of rotatable bonds is 4. The summed E-state index contributed by atoms with van der Waals surface area (Å²) < 4.78 is 0. The molecule has 1 N–H and O–H groups in total. The van der Waals surface area contributed by atoms with Crippen molar-refractivity contribution in [3.63, 3.8) is 0 Å². The number of hydrogen-bond donors (Lipinski definition) is 1. The summed E-state index contributed by atoms with van der Waals surface area (Å²) in [6.07, 6.45) is 3.75. The predicted molar refractivity (Wildman–Crippen MR) is 62.1 cm³/mol. The largest absolute Gasteiger partial charge is 0.480 e. The molecule has 1 saturated carbocycles. The second-order valence-corrected chi connectivity index (χ2v) is 5.66. The molecule has 2 atom stereocenters. The minimum absolute atomic E-state index is 0.0656. The van der Waals surface area contributed by atoms with Gasteiger partial charge >= 0.3 is 5.97 Å². The van der Waals surface area contributed by atoms with E-state index in [-0.39, 0.29) is 17.2 Å². The van der Waals surface area contributed by atoms with E-state index in [1.807, 2.05) is 0 Å². The number of amides is 1. The fourth-order valence-corrected chi connectivity index (χ4v) is 3.58. The molecule has 1 saturated heterocycles. The second kappa shape index (κ2) is 4.65. The number of thioether (sulfide) groups is 1. The number of carboxylic acids is 1. The second-order valence-electron chi connectivity index (χ2n) is 4.45. The molecule has 2 fully saturated rings. The van der Waals surface area contributed by atoms with Gasteiger partial charge in [0, 0.05) is 11.7 Å². The third-order valence-electron chi connectivity index (χ3n) is 3.09. The Bertz CT molecular complexity index is 304. The van der Waals surface area contributed by atoms with Crippen molar-refractivity contribution in [3.05, 3.63) is 0 Å². The zero-order chi connectivity index (χ0) is 11.7. The van der Waals surface area contributed by atoms with E-state index in [1.165, 1.54) is 0 Å². The van der Waals surface area contributed by atoms with Crippen molar-refractivity contribution in [1.29, 1.82) is 0 Å². The average Bonchev–Trinajstić information content (AvgIpc) is 2.99. The molecule has 0 aromatic heterocycles. The minimum atomic E-state index is -0.861. The highest BCUT2D eigenvalue weighted by Crippen LogP contribution is 2.38. The number of aliphatic carboxylic acids is 1. The van der Waals surface area contributed by atoms with Crippen molar-refractivity contribution < 1.29 is 14.7 Å². The van der Waals surface area contributed by atoms with E-state index in [1.54, 1.807) is 16.7 Å². The molecule has 90 valence electrons. The zero-order valence-corrected chi connectivity index (χ0v) is 10.2. The van der Waals surface area contributed by atoms with E-state index >= 15 is 0 Å². The summed E-state index contributed by atoms with van der Waals surface area (Å²) in [4.78, 5) is 24.8. The zero-order valence-electron chi connectivity index (χ0n) is 9.39. The van der Waals surface area contributed by atoms with Crippen molar-refractivity contribution in [3.8, 4) is 0 Å². The summed E-state index contributed by atoms with van der Waals surface area (Å²) in [5, 5.41) is 9.20. The smallest absolute Gasteiger partial charge is 0.327 e. The molecule has 2 rings (SSSR count). The molecule has 0 aromatic rings. The van der Waals surface area contributed by atoms with Crippen molar-refractivity contribution in [2.75, 3.05) is 5.75 Å². The van der Waals surface area contributed by atoms with Crippen molar-refractivity contribution in [2.24, 2.45) is 5.92 Å². The number of carbonyl (C=O) groups excluding carboxylic acids is 1. The fourth-order valence-electron chi connectivity index (χ4n) is 2.06. The van der Waals surface area contributed by atoms with Crippen LogP contribution in [0.25, 0.3) is 0 Å². The van der Waals surface area contributed by atoms with Gasteiger partial charge in [0.05, 0.1) is 5.37 Å². The third-order valence-corrected chi connectivity index (χ3v) is 4.45. The summed E-state index contributed by atoms with van der Waals surface area (Å²) in [5.41, 5.74) is 0. The first kappa shape index (κ1) is 11.8. The van der Waals surface area contributed by atoms with Crippen LogP contribution in [-0.4, -0.2) is 39.1 Å². The first-order valence-corrected chi connectivity index (χ1v) is 6.86. The van der Waals surface area contributed by atoms with Gasteiger partial charge in [-0.3, -0.25) is 4.79 Å². The van der Waals surface area contributed by atoms with Crippen molar-refractivity contribution in [1.82, 2.24) is 4.90 Å². The van der Waals surface area contributed by atoms with Crippen LogP contribution in [0.1, 0.15) is 32.6 Å². The van der Waals surface area contributed by atoms with E-state index < -0.39 is 12.0 Å². The van der Waals surface area contributed by atoms with Crippen LogP contribution in [0.3, 0.4) is 0 Å². The monoisotopic (exact) mass is 243 g/mol. The maximum absolute atomic E-state index is 12.1. The Kier molecular flexibility index (Phi) is 3.42. The predicted octanol–water partition coefficient (Wildman–Crippen LogP) is 1.55. The van der Waals surface area contributed by atoms with Gasteiger partial charge in [-0.05, 0) is 19.3 Å². The number of carboxylic acid groups (broad SMARTS) is 1. The molecule has 0 radical (unpaired) electrons. The molecule has 4 nitrogen and oxygen atoms in total. The highest BCUT2D eigenvalue weighted by Gasteiger charge is 2.45. The molecule has 2 aliphatic rings. The normalized spacial score (nSPS) is 29.4. The molecule has 1 aliphatic heterocycles. The number of hydrogen-bond acceptors (Lipinski definition) is 3. The van der Waals surface area contributed by atoms with Crippen LogP contribution in [-0.2, 0) is 9.59 Å². The van der Waals surface area contributed by atoms with Gasteiger partial charge in [0.25, 0.3) is 0 Å². The van der Waals surface area contributed by atoms with Crippen LogP contribution in [0.4, 0.5) is 0 Å². The van der Waals surface area contributed by atoms with Gasteiger partial charge < -0.3 is 10.0 Å². The number of carbonyl (C=O) groups is 2. The molecule has 0 unspecified atom stereocenters. The third kappa shape index (κ3) is 2.19. The lowest BCUT2D eigenvalue weighted by atomic mass is 10.2. The van der Waals surface area contributed by atoms with Crippen molar-refractivity contribution in [2.45, 2.75) is 44.0 Å². The lowest BCUT2D eigenvalue weighted by molar-refractivity contribution is -0.149. The Morgan fingerprint density at radius 1 is 1.44 bits per heavy atom. The number of nitrogens with zero attached hydrogens (tertiary/aromatic N) is 1. The summed E-state index contributed by atoms with van der Waals surface area (Å²) >= 11 is 1.61. The molecule has 5 heteroatoms. The summed E-state index contributed by atoms with van der Waals surface area (Å²) in [7, 11) is 0.